The van der Waals surface area contributed by atoms with Gasteiger partial charge in [0.15, 0.2) is 0 Å². The number of nitrogens with zero attached hydrogens (tertiary/aromatic N) is 5. The first kappa shape index (κ1) is 12.9. The minimum Gasteiger partial charge on any atom is -0.352 e. The molecule has 20 heavy (non-hydrogen) atoms. The van der Waals surface area contributed by atoms with Gasteiger partial charge in [0.25, 0.3) is 0 Å². The molecule has 2 aromatic heterocycles. The van der Waals surface area contributed by atoms with E-state index in [9.17, 15) is 0 Å². The Morgan fingerprint density at radius 3 is 2.85 bits per heavy atom. The number of hydrogen-bond donors (Lipinski definition) is 2. The van der Waals surface area contributed by atoms with Crippen molar-refractivity contribution in [2.75, 3.05) is 17.4 Å². The molecule has 1 fully saturated rings. The molecule has 0 aromatic carbocycles. The van der Waals surface area contributed by atoms with Crippen LogP contribution in [-0.4, -0.2) is 26.6 Å². The SMILES string of the molecule is CN(Cc1nccn1C)c1cc(NN)nc(C2CC2)n1. The minimum absolute atomic E-state index is 0.489. The van der Waals surface area contributed by atoms with Crippen LogP contribution in [0.2, 0.25) is 0 Å². The summed E-state index contributed by atoms with van der Waals surface area (Å²) in [5.41, 5.74) is 2.62. The van der Waals surface area contributed by atoms with E-state index in [1.54, 1.807) is 6.20 Å². The molecule has 7 heteroatoms. The number of rotatable bonds is 5. The predicted molar refractivity (Wildman–Crippen MR) is 77.1 cm³/mol. The number of nitrogens with one attached hydrogen (secondary N) is 1. The van der Waals surface area contributed by atoms with Crippen molar-refractivity contribution in [2.45, 2.75) is 25.3 Å². The average Bonchev–Trinajstić information content (AvgIpc) is 3.24. The predicted octanol–water partition coefficient (Wildman–Crippen LogP) is 1.01. The molecule has 0 saturated heterocycles. The first-order valence-electron chi connectivity index (χ1n) is 6.70. The van der Waals surface area contributed by atoms with Gasteiger partial charge in [-0.2, -0.15) is 0 Å². The number of hydrazine groups is 1. The third-order valence-electron chi connectivity index (χ3n) is 3.51. The summed E-state index contributed by atoms with van der Waals surface area (Å²) in [5, 5.41) is 0. The molecule has 1 aliphatic rings. The van der Waals surface area contributed by atoms with Crippen molar-refractivity contribution in [1.29, 1.82) is 0 Å². The van der Waals surface area contributed by atoms with E-state index in [-0.39, 0.29) is 0 Å². The van der Waals surface area contributed by atoms with Crippen LogP contribution in [0.5, 0.6) is 0 Å². The molecule has 7 nitrogen and oxygen atoms in total. The van der Waals surface area contributed by atoms with Crippen LogP contribution in [0.1, 0.15) is 30.4 Å². The van der Waals surface area contributed by atoms with Gasteiger partial charge in [-0.1, -0.05) is 0 Å². The highest BCUT2D eigenvalue weighted by Gasteiger charge is 2.27. The normalized spacial score (nSPS) is 14.3. The van der Waals surface area contributed by atoms with Gasteiger partial charge in [-0.05, 0) is 12.8 Å². The standard InChI is InChI=1S/C13H19N7/c1-19-6-5-15-12(19)8-20(2)11-7-10(18-14)16-13(17-11)9-3-4-9/h5-7,9H,3-4,8,14H2,1-2H3,(H,16,17,18). The number of aromatic nitrogens is 4. The number of aryl methyl sites for hydroxylation is 1. The van der Waals surface area contributed by atoms with Gasteiger partial charge >= 0.3 is 0 Å². The molecule has 0 atom stereocenters. The molecule has 0 radical (unpaired) electrons. The molecule has 106 valence electrons. The largest absolute Gasteiger partial charge is 0.352 e. The van der Waals surface area contributed by atoms with E-state index in [0.29, 0.717) is 18.3 Å². The summed E-state index contributed by atoms with van der Waals surface area (Å²) in [6.07, 6.45) is 6.06. The number of hydrogen-bond acceptors (Lipinski definition) is 6. The van der Waals surface area contributed by atoms with Crippen molar-refractivity contribution in [3.8, 4) is 0 Å². The van der Waals surface area contributed by atoms with Gasteiger partial charge in [-0.25, -0.2) is 20.8 Å². The molecule has 0 spiro atoms. The second-order valence-corrected chi connectivity index (χ2v) is 5.20. The van der Waals surface area contributed by atoms with Gasteiger partial charge in [-0.15, -0.1) is 0 Å². The van der Waals surface area contributed by atoms with Crippen molar-refractivity contribution >= 4 is 11.6 Å². The van der Waals surface area contributed by atoms with Crippen molar-refractivity contribution in [2.24, 2.45) is 12.9 Å². The summed E-state index contributed by atoms with van der Waals surface area (Å²) < 4.78 is 2.00. The zero-order valence-corrected chi connectivity index (χ0v) is 11.7. The average molecular weight is 273 g/mol. The Hall–Kier alpha value is -2.15. The fraction of sp³-hybridized carbons (Fsp3) is 0.462. The van der Waals surface area contributed by atoms with Crippen LogP contribution in [0.15, 0.2) is 18.5 Å². The Kier molecular flexibility index (Phi) is 3.27. The Morgan fingerprint density at radius 2 is 2.25 bits per heavy atom. The zero-order chi connectivity index (χ0) is 14.1. The van der Waals surface area contributed by atoms with Crippen molar-refractivity contribution < 1.29 is 0 Å². The topological polar surface area (TPSA) is 84.9 Å². The molecule has 0 unspecified atom stereocenters. The molecule has 1 saturated carbocycles. The maximum absolute atomic E-state index is 5.49. The first-order chi connectivity index (χ1) is 9.67. The molecular weight excluding hydrogens is 254 g/mol. The Morgan fingerprint density at radius 1 is 1.45 bits per heavy atom. The maximum atomic E-state index is 5.49. The molecule has 2 aromatic rings. The van der Waals surface area contributed by atoms with Crippen molar-refractivity contribution in [1.82, 2.24) is 19.5 Å². The summed E-state index contributed by atoms with van der Waals surface area (Å²) in [5.74, 6) is 9.36. The smallest absolute Gasteiger partial charge is 0.145 e. The Labute approximate surface area is 117 Å². The minimum atomic E-state index is 0.489. The van der Waals surface area contributed by atoms with Crippen LogP contribution in [0, 0.1) is 0 Å². The molecule has 1 aliphatic carbocycles. The number of nitrogen functional groups attached to an aromatic ring is 1. The van der Waals surface area contributed by atoms with Gasteiger partial charge < -0.3 is 14.9 Å². The Bertz CT molecular complexity index is 603. The van der Waals surface area contributed by atoms with Crippen LogP contribution in [-0.2, 0) is 13.6 Å². The van der Waals surface area contributed by atoms with E-state index in [1.807, 2.05) is 30.9 Å². The van der Waals surface area contributed by atoms with Gasteiger partial charge in [0.2, 0.25) is 0 Å². The fourth-order valence-electron chi connectivity index (χ4n) is 2.09. The van der Waals surface area contributed by atoms with E-state index in [4.69, 9.17) is 5.84 Å². The molecule has 3 N–H and O–H groups in total. The van der Waals surface area contributed by atoms with Crippen molar-refractivity contribution in [3.05, 3.63) is 30.1 Å². The molecule has 3 rings (SSSR count). The van der Waals surface area contributed by atoms with Gasteiger partial charge in [0, 0.05) is 38.5 Å². The number of anilines is 2. The lowest BCUT2D eigenvalue weighted by Gasteiger charge is -2.19. The highest BCUT2D eigenvalue weighted by molar-refractivity contribution is 5.49. The lowest BCUT2D eigenvalue weighted by atomic mass is 10.3. The summed E-state index contributed by atoms with van der Waals surface area (Å²) in [4.78, 5) is 15.4. The molecule has 2 heterocycles. The summed E-state index contributed by atoms with van der Waals surface area (Å²) in [6, 6.07) is 1.86. The van der Waals surface area contributed by atoms with Crippen LogP contribution < -0.4 is 16.2 Å². The van der Waals surface area contributed by atoms with Gasteiger partial charge in [0.1, 0.15) is 23.3 Å². The second kappa shape index (κ2) is 5.09. The van der Waals surface area contributed by atoms with Crippen LogP contribution in [0.3, 0.4) is 0 Å². The van der Waals surface area contributed by atoms with Gasteiger partial charge in [0.05, 0.1) is 6.54 Å². The molecule has 0 amide bonds. The van der Waals surface area contributed by atoms with Crippen molar-refractivity contribution in [3.63, 3.8) is 0 Å². The highest BCUT2D eigenvalue weighted by atomic mass is 15.3. The summed E-state index contributed by atoms with van der Waals surface area (Å²) >= 11 is 0. The third-order valence-corrected chi connectivity index (χ3v) is 3.51. The summed E-state index contributed by atoms with van der Waals surface area (Å²) in [7, 11) is 3.98. The second-order valence-electron chi connectivity index (χ2n) is 5.20. The van der Waals surface area contributed by atoms with E-state index in [1.165, 1.54) is 0 Å². The lowest BCUT2D eigenvalue weighted by molar-refractivity contribution is 0.750. The lowest BCUT2D eigenvalue weighted by Crippen LogP contribution is -2.21. The fourth-order valence-corrected chi connectivity index (χ4v) is 2.09. The monoisotopic (exact) mass is 273 g/mol. The number of imidazole rings is 1. The third kappa shape index (κ3) is 2.57. The Balaban J connectivity index is 1.84. The molecular formula is C13H19N7. The van der Waals surface area contributed by atoms with Crippen LogP contribution in [0.25, 0.3) is 0 Å². The highest BCUT2D eigenvalue weighted by Crippen LogP contribution is 2.39. The first-order valence-corrected chi connectivity index (χ1v) is 6.70. The quantitative estimate of drug-likeness (QED) is 0.624. The maximum Gasteiger partial charge on any atom is 0.145 e. The van der Waals surface area contributed by atoms with E-state index in [0.717, 1.165) is 30.3 Å². The molecule has 0 bridgehead atoms. The van der Waals surface area contributed by atoms with E-state index >= 15 is 0 Å². The van der Waals surface area contributed by atoms with E-state index in [2.05, 4.69) is 25.3 Å². The van der Waals surface area contributed by atoms with Crippen LogP contribution in [0.4, 0.5) is 11.6 Å². The zero-order valence-electron chi connectivity index (χ0n) is 11.7. The van der Waals surface area contributed by atoms with Gasteiger partial charge in [-0.3, -0.25) is 0 Å². The summed E-state index contributed by atoms with van der Waals surface area (Å²) in [6.45, 7) is 0.689. The van der Waals surface area contributed by atoms with Crippen LogP contribution >= 0.6 is 0 Å². The number of nitrogens with two attached hydrogens (primary N) is 1. The molecule has 0 aliphatic heterocycles. The van der Waals surface area contributed by atoms with E-state index < -0.39 is 0 Å².